The van der Waals surface area contributed by atoms with Gasteiger partial charge in [0, 0.05) is 6.54 Å². The number of hydrogen-bond acceptors (Lipinski definition) is 2. The first-order chi connectivity index (χ1) is 9.66. The minimum atomic E-state index is 0.514. The molecule has 20 heavy (non-hydrogen) atoms. The summed E-state index contributed by atoms with van der Waals surface area (Å²) in [5, 5.41) is 3.99. The summed E-state index contributed by atoms with van der Waals surface area (Å²) in [5.41, 5.74) is 2.23. The van der Waals surface area contributed by atoms with Crippen LogP contribution in [0, 0.1) is 0 Å². The third-order valence-electron chi connectivity index (χ3n) is 3.08. The highest BCUT2D eigenvalue weighted by Gasteiger charge is 2.01. The zero-order chi connectivity index (χ0) is 14.4. The van der Waals surface area contributed by atoms with E-state index in [0.717, 1.165) is 23.0 Å². The van der Waals surface area contributed by atoms with Crippen LogP contribution in [0.15, 0.2) is 48.5 Å². The Hall–Kier alpha value is -1.67. The SMILES string of the molecule is CC(C)c1cccc(OCCNc2ccccc2Cl)c1. The highest BCUT2D eigenvalue weighted by molar-refractivity contribution is 6.33. The Morgan fingerprint density at radius 2 is 1.90 bits per heavy atom. The second kappa shape index (κ2) is 7.20. The molecule has 0 amide bonds. The van der Waals surface area contributed by atoms with Crippen molar-refractivity contribution in [3.05, 3.63) is 59.1 Å². The zero-order valence-electron chi connectivity index (χ0n) is 11.9. The highest BCUT2D eigenvalue weighted by Crippen LogP contribution is 2.21. The van der Waals surface area contributed by atoms with Crippen molar-refractivity contribution in [3.8, 4) is 5.75 Å². The maximum absolute atomic E-state index is 6.07. The first-order valence-corrected chi connectivity index (χ1v) is 7.26. The van der Waals surface area contributed by atoms with Gasteiger partial charge in [0.2, 0.25) is 0 Å². The molecule has 106 valence electrons. The molecule has 2 aromatic carbocycles. The summed E-state index contributed by atoms with van der Waals surface area (Å²) in [6.07, 6.45) is 0. The lowest BCUT2D eigenvalue weighted by Gasteiger charge is -2.11. The lowest BCUT2D eigenvalue weighted by atomic mass is 10.0. The van der Waals surface area contributed by atoms with Crippen LogP contribution in [0.25, 0.3) is 0 Å². The van der Waals surface area contributed by atoms with Gasteiger partial charge in [-0.05, 0) is 35.7 Å². The molecule has 0 aliphatic heterocycles. The summed E-state index contributed by atoms with van der Waals surface area (Å²) in [6.45, 7) is 5.68. The van der Waals surface area contributed by atoms with Crippen molar-refractivity contribution < 1.29 is 4.74 Å². The van der Waals surface area contributed by atoms with Gasteiger partial charge in [0.1, 0.15) is 12.4 Å². The molecule has 0 bridgehead atoms. The molecule has 0 atom stereocenters. The Labute approximate surface area is 125 Å². The summed E-state index contributed by atoms with van der Waals surface area (Å²) in [4.78, 5) is 0. The molecular formula is C17H20ClNO. The Bertz CT molecular complexity index is 554. The second-order valence-corrected chi connectivity index (χ2v) is 5.39. The van der Waals surface area contributed by atoms with E-state index < -0.39 is 0 Å². The van der Waals surface area contributed by atoms with Crippen molar-refractivity contribution >= 4 is 17.3 Å². The molecule has 0 fully saturated rings. The number of benzene rings is 2. The van der Waals surface area contributed by atoms with Crippen molar-refractivity contribution in [2.24, 2.45) is 0 Å². The Morgan fingerprint density at radius 1 is 1.10 bits per heavy atom. The average molecular weight is 290 g/mol. The number of hydrogen-bond donors (Lipinski definition) is 1. The van der Waals surface area contributed by atoms with E-state index in [9.17, 15) is 0 Å². The van der Waals surface area contributed by atoms with E-state index >= 15 is 0 Å². The summed E-state index contributed by atoms with van der Waals surface area (Å²) in [6, 6.07) is 16.0. The van der Waals surface area contributed by atoms with E-state index in [1.54, 1.807) is 0 Å². The van der Waals surface area contributed by atoms with Crippen LogP contribution in [0.3, 0.4) is 0 Å². The van der Waals surface area contributed by atoms with Gasteiger partial charge in [0.25, 0.3) is 0 Å². The van der Waals surface area contributed by atoms with Gasteiger partial charge in [-0.3, -0.25) is 0 Å². The highest BCUT2D eigenvalue weighted by atomic mass is 35.5. The van der Waals surface area contributed by atoms with E-state index in [4.69, 9.17) is 16.3 Å². The predicted molar refractivity (Wildman–Crippen MR) is 86.0 cm³/mol. The smallest absolute Gasteiger partial charge is 0.119 e. The maximum atomic E-state index is 6.07. The monoisotopic (exact) mass is 289 g/mol. The number of ether oxygens (including phenoxy) is 1. The predicted octanol–water partition coefficient (Wildman–Crippen LogP) is 4.95. The molecule has 2 aromatic rings. The van der Waals surface area contributed by atoms with Gasteiger partial charge in [-0.15, -0.1) is 0 Å². The van der Waals surface area contributed by atoms with Crippen LogP contribution in [-0.2, 0) is 0 Å². The van der Waals surface area contributed by atoms with E-state index in [0.29, 0.717) is 12.5 Å². The van der Waals surface area contributed by atoms with Gasteiger partial charge in [-0.25, -0.2) is 0 Å². The van der Waals surface area contributed by atoms with Gasteiger partial charge >= 0.3 is 0 Å². The number of para-hydroxylation sites is 1. The molecule has 0 radical (unpaired) electrons. The van der Waals surface area contributed by atoms with Crippen LogP contribution >= 0.6 is 11.6 Å². The first kappa shape index (κ1) is 14.7. The van der Waals surface area contributed by atoms with Crippen LogP contribution < -0.4 is 10.1 Å². The minimum absolute atomic E-state index is 0.514. The average Bonchev–Trinajstić information content (AvgIpc) is 2.45. The van der Waals surface area contributed by atoms with Gasteiger partial charge in [-0.1, -0.05) is 49.7 Å². The van der Waals surface area contributed by atoms with Gasteiger partial charge in [0.05, 0.1) is 10.7 Å². The molecule has 2 nitrogen and oxygen atoms in total. The Balaban J connectivity index is 1.82. The summed E-state index contributed by atoms with van der Waals surface area (Å²) in [7, 11) is 0. The lowest BCUT2D eigenvalue weighted by molar-refractivity contribution is 0.332. The van der Waals surface area contributed by atoms with Gasteiger partial charge in [0.15, 0.2) is 0 Å². The quantitative estimate of drug-likeness (QED) is 0.759. The molecule has 1 N–H and O–H groups in total. The van der Waals surface area contributed by atoms with Crippen LogP contribution in [0.5, 0.6) is 5.75 Å². The van der Waals surface area contributed by atoms with Crippen molar-refractivity contribution in [1.29, 1.82) is 0 Å². The zero-order valence-corrected chi connectivity index (χ0v) is 12.7. The van der Waals surface area contributed by atoms with Crippen molar-refractivity contribution in [2.75, 3.05) is 18.5 Å². The summed E-state index contributed by atoms with van der Waals surface area (Å²) < 4.78 is 5.75. The fourth-order valence-corrected chi connectivity index (χ4v) is 2.13. The van der Waals surface area contributed by atoms with Crippen molar-refractivity contribution in [2.45, 2.75) is 19.8 Å². The number of rotatable bonds is 6. The maximum Gasteiger partial charge on any atom is 0.119 e. The molecule has 0 saturated carbocycles. The molecule has 0 aliphatic carbocycles. The van der Waals surface area contributed by atoms with E-state index in [2.05, 4.69) is 31.3 Å². The molecule has 2 rings (SSSR count). The molecular weight excluding hydrogens is 270 g/mol. The lowest BCUT2D eigenvalue weighted by Crippen LogP contribution is -2.11. The van der Waals surface area contributed by atoms with Crippen LogP contribution in [0.1, 0.15) is 25.3 Å². The number of halogens is 1. The minimum Gasteiger partial charge on any atom is -0.492 e. The summed E-state index contributed by atoms with van der Waals surface area (Å²) >= 11 is 6.07. The van der Waals surface area contributed by atoms with E-state index in [1.807, 2.05) is 36.4 Å². The molecule has 0 saturated heterocycles. The number of anilines is 1. The molecule has 0 spiro atoms. The molecule has 3 heteroatoms. The Morgan fingerprint density at radius 3 is 2.65 bits per heavy atom. The van der Waals surface area contributed by atoms with Crippen molar-refractivity contribution in [1.82, 2.24) is 0 Å². The van der Waals surface area contributed by atoms with Crippen LogP contribution in [0.4, 0.5) is 5.69 Å². The Kier molecular flexibility index (Phi) is 5.31. The molecule has 0 aliphatic rings. The van der Waals surface area contributed by atoms with E-state index in [-0.39, 0.29) is 0 Å². The molecule has 0 aromatic heterocycles. The standard InChI is InChI=1S/C17H20ClNO/c1-13(2)14-6-5-7-15(12-14)20-11-10-19-17-9-4-3-8-16(17)18/h3-9,12-13,19H,10-11H2,1-2H3. The van der Waals surface area contributed by atoms with Crippen molar-refractivity contribution in [3.63, 3.8) is 0 Å². The van der Waals surface area contributed by atoms with Gasteiger partial charge in [-0.2, -0.15) is 0 Å². The fraction of sp³-hybridized carbons (Fsp3) is 0.294. The number of nitrogens with one attached hydrogen (secondary N) is 1. The van der Waals surface area contributed by atoms with Gasteiger partial charge < -0.3 is 10.1 Å². The largest absolute Gasteiger partial charge is 0.492 e. The van der Waals surface area contributed by atoms with Crippen LogP contribution in [-0.4, -0.2) is 13.2 Å². The topological polar surface area (TPSA) is 21.3 Å². The fourth-order valence-electron chi connectivity index (χ4n) is 1.92. The second-order valence-electron chi connectivity index (χ2n) is 4.98. The molecule has 0 heterocycles. The molecule has 0 unspecified atom stereocenters. The first-order valence-electron chi connectivity index (χ1n) is 6.88. The van der Waals surface area contributed by atoms with E-state index in [1.165, 1.54) is 5.56 Å². The van der Waals surface area contributed by atoms with Crippen LogP contribution in [0.2, 0.25) is 5.02 Å². The third kappa shape index (κ3) is 4.17. The summed E-state index contributed by atoms with van der Waals surface area (Å²) in [5.74, 6) is 1.43. The third-order valence-corrected chi connectivity index (χ3v) is 3.41. The normalized spacial score (nSPS) is 10.6.